The van der Waals surface area contributed by atoms with Crippen LogP contribution < -0.4 is 5.73 Å². The van der Waals surface area contributed by atoms with Gasteiger partial charge in [0.25, 0.3) is 5.91 Å². The molecule has 0 bridgehead atoms. The van der Waals surface area contributed by atoms with Crippen LogP contribution in [0.15, 0.2) is 18.2 Å². The van der Waals surface area contributed by atoms with Gasteiger partial charge in [-0.1, -0.05) is 0 Å². The van der Waals surface area contributed by atoms with Gasteiger partial charge in [-0.05, 0) is 37.5 Å². The van der Waals surface area contributed by atoms with Crippen LogP contribution in [0.2, 0.25) is 0 Å². The Morgan fingerprint density at radius 3 is 2.59 bits per heavy atom. The van der Waals surface area contributed by atoms with Gasteiger partial charge in [0, 0.05) is 19.1 Å². The van der Waals surface area contributed by atoms with Gasteiger partial charge in [0.05, 0.1) is 11.1 Å². The maximum atomic E-state index is 13.7. The highest BCUT2D eigenvalue weighted by atomic mass is 35.5. The molecule has 0 aliphatic carbocycles. The van der Waals surface area contributed by atoms with Crippen molar-refractivity contribution in [2.75, 3.05) is 13.1 Å². The Hall–Kier alpha value is -1.34. The van der Waals surface area contributed by atoms with Crippen LogP contribution in [0, 0.1) is 5.82 Å². The number of hydrogen-bond acceptors (Lipinski definition) is 2. The quantitative estimate of drug-likeness (QED) is 0.840. The number of likely N-dealkylation sites (tertiary alicyclic amines) is 1. The van der Waals surface area contributed by atoms with Crippen molar-refractivity contribution in [2.24, 2.45) is 5.73 Å². The van der Waals surface area contributed by atoms with Gasteiger partial charge in [-0.2, -0.15) is 13.2 Å². The number of piperidine rings is 1. The second-order valence-corrected chi connectivity index (χ2v) is 5.08. The van der Waals surface area contributed by atoms with Gasteiger partial charge in [-0.3, -0.25) is 4.79 Å². The van der Waals surface area contributed by atoms with Crippen molar-refractivity contribution in [3.8, 4) is 0 Å². The monoisotopic (exact) mass is 340 g/mol. The van der Waals surface area contributed by atoms with Crippen molar-refractivity contribution < 1.29 is 22.4 Å². The molecule has 1 atom stereocenters. The molecule has 1 aliphatic heterocycles. The van der Waals surface area contributed by atoms with Gasteiger partial charge in [-0.25, -0.2) is 4.39 Å². The minimum Gasteiger partial charge on any atom is -0.334 e. The third-order valence-electron chi connectivity index (χ3n) is 3.68. The topological polar surface area (TPSA) is 46.3 Å². The van der Waals surface area contributed by atoms with E-state index in [2.05, 4.69) is 0 Å². The van der Waals surface area contributed by atoms with Crippen molar-refractivity contribution in [2.45, 2.75) is 31.5 Å². The van der Waals surface area contributed by atoms with Crippen molar-refractivity contribution in [3.05, 3.63) is 35.1 Å². The summed E-state index contributed by atoms with van der Waals surface area (Å²) in [6.07, 6.45) is -2.29. The number of amides is 1. The van der Waals surface area contributed by atoms with Crippen LogP contribution in [-0.4, -0.2) is 29.9 Å². The van der Waals surface area contributed by atoms with Crippen molar-refractivity contribution >= 4 is 18.3 Å². The fourth-order valence-corrected chi connectivity index (χ4v) is 2.53. The summed E-state index contributed by atoms with van der Waals surface area (Å²) in [4.78, 5) is 13.7. The van der Waals surface area contributed by atoms with Gasteiger partial charge in [-0.15, -0.1) is 12.4 Å². The number of rotatable bonds is 2. The van der Waals surface area contributed by atoms with Crippen molar-refractivity contribution in [3.63, 3.8) is 0 Å². The first-order valence-electron chi connectivity index (χ1n) is 6.72. The molecule has 0 radical (unpaired) electrons. The molecule has 2 rings (SSSR count). The Balaban J connectivity index is 0.00000242. The number of nitrogens with zero attached hydrogens (tertiary/aromatic N) is 1. The summed E-state index contributed by atoms with van der Waals surface area (Å²) < 4.78 is 51.8. The Labute approximate surface area is 131 Å². The molecule has 124 valence electrons. The molecule has 1 heterocycles. The fraction of sp³-hybridized carbons (Fsp3) is 0.500. The molecule has 3 nitrogen and oxygen atoms in total. The normalized spacial score (nSPS) is 18.8. The molecule has 0 saturated carbocycles. The van der Waals surface area contributed by atoms with E-state index in [0.29, 0.717) is 31.2 Å². The standard InChI is InChI=1S/C14H16F4N2O.ClH/c15-12-5-4-9(14(16,17)18)7-11(12)13(21)20-6-2-1-3-10(20)8-19;/h4-5,7,10H,1-3,6,8,19H2;1H. The zero-order valence-corrected chi connectivity index (χ0v) is 12.5. The largest absolute Gasteiger partial charge is 0.416 e. The molecule has 1 aliphatic rings. The molecule has 1 aromatic carbocycles. The average Bonchev–Trinajstić information content (AvgIpc) is 2.45. The molecule has 0 aromatic heterocycles. The predicted molar refractivity (Wildman–Crippen MR) is 76.4 cm³/mol. The Kier molecular flexibility index (Phi) is 6.19. The molecular weight excluding hydrogens is 324 g/mol. The molecule has 1 aromatic rings. The molecule has 1 fully saturated rings. The highest BCUT2D eigenvalue weighted by Gasteiger charge is 2.34. The van der Waals surface area contributed by atoms with Gasteiger partial charge < -0.3 is 10.6 Å². The molecule has 1 unspecified atom stereocenters. The Morgan fingerprint density at radius 1 is 1.32 bits per heavy atom. The molecule has 8 heteroatoms. The average molecular weight is 341 g/mol. The molecule has 22 heavy (non-hydrogen) atoms. The van der Waals surface area contributed by atoms with Crippen LogP contribution in [0.4, 0.5) is 17.6 Å². The third-order valence-corrected chi connectivity index (χ3v) is 3.68. The molecular formula is C14H17ClF4N2O. The lowest BCUT2D eigenvalue weighted by atomic mass is 10.00. The molecule has 1 saturated heterocycles. The van der Waals surface area contributed by atoms with Crippen LogP contribution in [0.1, 0.15) is 35.2 Å². The van der Waals surface area contributed by atoms with E-state index in [1.165, 1.54) is 4.90 Å². The third kappa shape index (κ3) is 3.89. The molecule has 2 N–H and O–H groups in total. The molecule has 0 spiro atoms. The highest BCUT2D eigenvalue weighted by molar-refractivity contribution is 5.95. The van der Waals surface area contributed by atoms with E-state index in [1.807, 2.05) is 0 Å². The van der Waals surface area contributed by atoms with Gasteiger partial charge in [0.15, 0.2) is 0 Å². The van der Waals surface area contributed by atoms with Crippen LogP contribution in [-0.2, 0) is 6.18 Å². The number of carbonyl (C=O) groups is 1. The van der Waals surface area contributed by atoms with Crippen molar-refractivity contribution in [1.29, 1.82) is 0 Å². The summed E-state index contributed by atoms with van der Waals surface area (Å²) in [6.45, 7) is 0.600. The number of hydrogen-bond donors (Lipinski definition) is 1. The number of nitrogens with two attached hydrogens (primary N) is 1. The van der Waals surface area contributed by atoms with E-state index >= 15 is 0 Å². The number of benzene rings is 1. The number of alkyl halides is 3. The first kappa shape index (κ1) is 18.7. The summed E-state index contributed by atoms with van der Waals surface area (Å²) in [7, 11) is 0. The van der Waals surface area contributed by atoms with Crippen LogP contribution in [0.5, 0.6) is 0 Å². The van der Waals surface area contributed by atoms with Crippen LogP contribution in [0.25, 0.3) is 0 Å². The Morgan fingerprint density at radius 2 is 2.00 bits per heavy atom. The summed E-state index contributed by atoms with van der Waals surface area (Å²) in [6, 6.07) is 1.63. The van der Waals surface area contributed by atoms with Gasteiger partial charge in [0.2, 0.25) is 0 Å². The predicted octanol–water partition coefficient (Wildman–Crippen LogP) is 3.22. The van der Waals surface area contributed by atoms with E-state index in [9.17, 15) is 22.4 Å². The van der Waals surface area contributed by atoms with E-state index in [1.54, 1.807) is 0 Å². The van der Waals surface area contributed by atoms with E-state index < -0.39 is 29.0 Å². The second kappa shape index (κ2) is 7.28. The fourth-order valence-electron chi connectivity index (χ4n) is 2.53. The van der Waals surface area contributed by atoms with Crippen molar-refractivity contribution in [1.82, 2.24) is 4.90 Å². The second-order valence-electron chi connectivity index (χ2n) is 5.08. The SMILES string of the molecule is Cl.NCC1CCCCN1C(=O)c1cc(C(F)(F)F)ccc1F. The van der Waals surface area contributed by atoms with E-state index in [0.717, 1.165) is 12.8 Å². The number of halogens is 5. The summed E-state index contributed by atoms with van der Waals surface area (Å²) in [5.41, 5.74) is 3.99. The zero-order chi connectivity index (χ0) is 15.6. The zero-order valence-electron chi connectivity index (χ0n) is 11.7. The summed E-state index contributed by atoms with van der Waals surface area (Å²) in [5, 5.41) is 0. The van der Waals surface area contributed by atoms with E-state index in [-0.39, 0.29) is 25.0 Å². The maximum absolute atomic E-state index is 13.7. The number of carbonyl (C=O) groups excluding carboxylic acids is 1. The first-order valence-corrected chi connectivity index (χ1v) is 6.72. The lowest BCUT2D eigenvalue weighted by Gasteiger charge is -2.35. The van der Waals surface area contributed by atoms with E-state index in [4.69, 9.17) is 5.73 Å². The summed E-state index contributed by atoms with van der Waals surface area (Å²) >= 11 is 0. The van der Waals surface area contributed by atoms with Crippen LogP contribution >= 0.6 is 12.4 Å². The van der Waals surface area contributed by atoms with Gasteiger partial charge in [0.1, 0.15) is 5.82 Å². The minimum atomic E-state index is -4.61. The van der Waals surface area contributed by atoms with Crippen LogP contribution in [0.3, 0.4) is 0 Å². The summed E-state index contributed by atoms with van der Waals surface area (Å²) in [5.74, 6) is -1.68. The lowest BCUT2D eigenvalue weighted by molar-refractivity contribution is -0.137. The highest BCUT2D eigenvalue weighted by Crippen LogP contribution is 2.31. The van der Waals surface area contributed by atoms with Gasteiger partial charge >= 0.3 is 6.18 Å². The smallest absolute Gasteiger partial charge is 0.334 e. The first-order chi connectivity index (χ1) is 9.84. The lowest BCUT2D eigenvalue weighted by Crippen LogP contribution is -2.47. The molecule has 1 amide bonds. The maximum Gasteiger partial charge on any atom is 0.416 e. The Bertz CT molecular complexity index is 536. The minimum absolute atomic E-state index is 0.